The Labute approximate surface area is 253 Å². The van der Waals surface area contributed by atoms with Crippen LogP contribution in [0.4, 0.5) is 0 Å². The number of allylic oxidation sites excluding steroid dienone is 4. The van der Waals surface area contributed by atoms with Gasteiger partial charge in [-0.3, -0.25) is 0 Å². The van der Waals surface area contributed by atoms with Crippen LogP contribution in [-0.4, -0.2) is 5.43 Å². The van der Waals surface area contributed by atoms with E-state index in [1.165, 1.54) is 56.1 Å². The first-order valence-corrected chi connectivity index (χ1v) is 24.5. The Kier molecular flexibility index (Phi) is 8.44. The molecule has 2 saturated carbocycles. The van der Waals surface area contributed by atoms with Gasteiger partial charge in [-0.15, -0.1) is 0 Å². The molecule has 40 heavy (non-hydrogen) atoms. The van der Waals surface area contributed by atoms with Gasteiger partial charge in [0.2, 0.25) is 0 Å². The van der Waals surface area contributed by atoms with E-state index in [4.69, 9.17) is 0 Å². The summed E-state index contributed by atoms with van der Waals surface area (Å²) in [6.45, 7) is 14.5. The van der Waals surface area contributed by atoms with Crippen LogP contribution in [0.2, 0.25) is 11.1 Å². The average Bonchev–Trinajstić information content (AvgIpc) is 3.58. The van der Waals surface area contributed by atoms with E-state index in [2.05, 4.69) is 96.2 Å². The average molecular weight is 628 g/mol. The molecule has 0 aliphatic heterocycles. The standard InChI is InChI=1S/C21H25.C12H22Si.C5H5.Zr/c1-20(2,3)16-7-9-18-14(12-16)11-15-13-17(21(4,5)6)8-10-19(15)18;1-3-7-11(8-4-1)13-12-9-5-2-6-10-12;1-2-4-5-3-1;/h7-13H,1-6H3;11-12H,1-10H2;1-3H,4H2;. The molecule has 0 nitrogen and oxygen atoms in total. The molecule has 2 fully saturated rings. The Morgan fingerprint density at radius 2 is 1.12 bits per heavy atom. The molecule has 0 atom stereocenters. The van der Waals surface area contributed by atoms with Gasteiger partial charge in [-0.2, -0.15) is 0 Å². The summed E-state index contributed by atoms with van der Waals surface area (Å²) in [7, 11) is 0. The second-order valence-electron chi connectivity index (χ2n) is 15.4. The molecule has 0 aromatic heterocycles. The molecule has 0 N–H and O–H groups in total. The summed E-state index contributed by atoms with van der Waals surface area (Å²) in [4.78, 5) is 0. The summed E-state index contributed by atoms with van der Waals surface area (Å²) < 4.78 is 2.68. The van der Waals surface area contributed by atoms with Crippen LogP contribution in [-0.2, 0) is 31.2 Å². The molecule has 2 aromatic rings. The second-order valence-corrected chi connectivity index (χ2v) is 30.4. The second kappa shape index (κ2) is 11.6. The number of fused-ring (bicyclic) bond motifs is 3. The van der Waals surface area contributed by atoms with E-state index in [1.807, 2.05) is 3.28 Å². The Bertz CT molecular complexity index is 1260. The van der Waals surface area contributed by atoms with Gasteiger partial charge in [0.05, 0.1) is 0 Å². The zero-order valence-corrected chi connectivity index (χ0v) is 29.7. The minimum atomic E-state index is -2.17. The van der Waals surface area contributed by atoms with Crippen molar-refractivity contribution < 1.29 is 20.4 Å². The van der Waals surface area contributed by atoms with Gasteiger partial charge < -0.3 is 0 Å². The van der Waals surface area contributed by atoms with Gasteiger partial charge in [0.1, 0.15) is 0 Å². The van der Waals surface area contributed by atoms with Gasteiger partial charge in [-0.1, -0.05) is 0 Å². The predicted molar refractivity (Wildman–Crippen MR) is 172 cm³/mol. The molecule has 0 amide bonds. The van der Waals surface area contributed by atoms with E-state index >= 15 is 0 Å². The van der Waals surface area contributed by atoms with Crippen LogP contribution in [0, 0.1) is 0 Å². The van der Waals surface area contributed by atoms with E-state index in [9.17, 15) is 0 Å². The third kappa shape index (κ3) is 5.67. The van der Waals surface area contributed by atoms with Crippen LogP contribution in [0.1, 0.15) is 138 Å². The molecule has 6 rings (SSSR count). The number of hydrogen-bond donors (Lipinski definition) is 0. The summed E-state index contributed by atoms with van der Waals surface area (Å²) in [5, 5.41) is 0. The van der Waals surface area contributed by atoms with Crippen LogP contribution in [0.25, 0.3) is 11.1 Å². The minimum absolute atomic E-state index is 0.184. The van der Waals surface area contributed by atoms with Crippen molar-refractivity contribution in [3.05, 3.63) is 80.2 Å². The molecule has 0 saturated heterocycles. The first-order chi connectivity index (χ1) is 19.1. The fraction of sp³-hybridized carbons (Fsp3) is 0.579. The van der Waals surface area contributed by atoms with Gasteiger partial charge in [-0.25, -0.2) is 0 Å². The maximum atomic E-state index is 2.71. The summed E-state index contributed by atoms with van der Waals surface area (Å²) in [6, 6.07) is 15.4. The van der Waals surface area contributed by atoms with Crippen LogP contribution >= 0.6 is 0 Å². The van der Waals surface area contributed by atoms with E-state index in [1.54, 1.807) is 47.9 Å². The summed E-state index contributed by atoms with van der Waals surface area (Å²) >= 11 is -2.17. The fourth-order valence-electron chi connectivity index (χ4n) is 8.29. The van der Waals surface area contributed by atoms with Gasteiger partial charge >= 0.3 is 255 Å². The molecule has 0 unspecified atom stereocenters. The van der Waals surface area contributed by atoms with Crippen molar-refractivity contribution in [2.75, 3.05) is 0 Å². The monoisotopic (exact) mass is 626 g/mol. The van der Waals surface area contributed by atoms with Crippen LogP contribution in [0.3, 0.4) is 0 Å². The molecule has 0 heterocycles. The summed E-state index contributed by atoms with van der Waals surface area (Å²) in [5.74, 6) is 0. The van der Waals surface area contributed by atoms with Gasteiger partial charge in [-0.05, 0) is 0 Å². The van der Waals surface area contributed by atoms with Gasteiger partial charge in [0.25, 0.3) is 0 Å². The third-order valence-corrected chi connectivity index (χ3v) is 33.9. The normalized spacial score (nSPS) is 20.4. The summed E-state index contributed by atoms with van der Waals surface area (Å²) in [6.07, 6.45) is 24.0. The predicted octanol–water partition coefficient (Wildman–Crippen LogP) is 11.5. The topological polar surface area (TPSA) is 0 Å². The molecule has 0 spiro atoms. The van der Waals surface area contributed by atoms with Crippen LogP contribution in [0.5, 0.6) is 0 Å². The van der Waals surface area contributed by atoms with Crippen molar-refractivity contribution in [1.29, 1.82) is 0 Å². The van der Waals surface area contributed by atoms with E-state index in [0.29, 0.717) is 3.63 Å². The zero-order valence-electron chi connectivity index (χ0n) is 26.2. The van der Waals surface area contributed by atoms with Gasteiger partial charge in [0, 0.05) is 0 Å². The molecule has 2 heteroatoms. The van der Waals surface area contributed by atoms with Gasteiger partial charge in [0.15, 0.2) is 0 Å². The van der Waals surface area contributed by atoms with Crippen molar-refractivity contribution >= 4 is 5.43 Å². The van der Waals surface area contributed by atoms with E-state index < -0.39 is 25.8 Å². The Morgan fingerprint density at radius 3 is 1.52 bits per heavy atom. The zero-order chi connectivity index (χ0) is 28.1. The van der Waals surface area contributed by atoms with Crippen molar-refractivity contribution in [1.82, 2.24) is 0 Å². The number of benzene rings is 2. The Morgan fingerprint density at radius 1 is 0.650 bits per heavy atom. The van der Waals surface area contributed by atoms with Crippen molar-refractivity contribution in [3.63, 3.8) is 0 Å². The maximum absolute atomic E-state index is 2.71. The fourth-order valence-corrected chi connectivity index (χ4v) is 36.6. The molecule has 4 aliphatic carbocycles. The van der Waals surface area contributed by atoms with E-state index in [0.717, 1.165) is 11.1 Å². The quantitative estimate of drug-likeness (QED) is 0.296. The van der Waals surface area contributed by atoms with Crippen LogP contribution in [0.15, 0.2) is 57.9 Å². The molecular formula is C38H52SiZr. The van der Waals surface area contributed by atoms with Crippen molar-refractivity contribution in [2.24, 2.45) is 0 Å². The molecule has 0 radical (unpaired) electrons. The Hall–Kier alpha value is -0.980. The number of hydrogen-bond acceptors (Lipinski definition) is 0. The van der Waals surface area contributed by atoms with Crippen LogP contribution < -0.4 is 0 Å². The van der Waals surface area contributed by atoms with Crippen molar-refractivity contribution in [2.45, 2.75) is 138 Å². The Balaban J connectivity index is 1.65. The molecule has 212 valence electrons. The molecule has 0 bridgehead atoms. The third-order valence-electron chi connectivity index (χ3n) is 10.6. The SMILES string of the molecule is CC(C)(C)c1ccc2c(c1)[CH]([Zr]([C]1=CC=CC1)=[Si](C1CCCCC1)C1CCCCC1)c1cc(C(C)(C)C)ccc1-2. The van der Waals surface area contributed by atoms with E-state index in [-0.39, 0.29) is 10.8 Å². The molecular weight excluding hydrogens is 576 g/mol. The summed E-state index contributed by atoms with van der Waals surface area (Å²) in [5.41, 5.74) is 11.8. The first kappa shape index (κ1) is 29.1. The van der Waals surface area contributed by atoms with Crippen molar-refractivity contribution in [3.8, 4) is 11.1 Å². The molecule has 4 aliphatic rings. The first-order valence-electron chi connectivity index (χ1n) is 16.5. The molecule has 2 aromatic carbocycles. The number of rotatable bonds is 4.